The van der Waals surface area contributed by atoms with E-state index in [1.54, 1.807) is 4.57 Å². The Morgan fingerprint density at radius 1 is 0.914 bits per heavy atom. The van der Waals surface area contributed by atoms with E-state index in [1.165, 1.54) is 33.1 Å². The van der Waals surface area contributed by atoms with Gasteiger partial charge in [0.1, 0.15) is 0 Å². The van der Waals surface area contributed by atoms with Crippen LogP contribution in [0.1, 0.15) is 43.0 Å². The molecule has 0 atom stereocenters. The number of benzene rings is 2. The van der Waals surface area contributed by atoms with Crippen molar-refractivity contribution >= 4 is 32.9 Å². The number of imidazole rings is 1. The lowest BCUT2D eigenvalue weighted by molar-refractivity contribution is -0.122. The highest BCUT2D eigenvalue weighted by Crippen LogP contribution is 2.21. The minimum absolute atomic E-state index is 0.0265. The number of rotatable bonds is 7. The molecule has 0 unspecified atom stereocenters. The first-order chi connectivity index (χ1) is 16.8. The van der Waals surface area contributed by atoms with Crippen LogP contribution in [0.3, 0.4) is 0 Å². The molecule has 35 heavy (non-hydrogen) atoms. The molecule has 0 bridgehead atoms. The number of nitrogens with zero attached hydrogens (tertiary/aromatic N) is 3. The Balaban J connectivity index is 1.38. The maximum atomic E-state index is 12.9. The van der Waals surface area contributed by atoms with Crippen molar-refractivity contribution in [3.05, 3.63) is 64.6 Å². The van der Waals surface area contributed by atoms with Crippen molar-refractivity contribution in [3.8, 4) is 0 Å². The molecule has 4 rings (SSSR count). The average Bonchev–Trinajstić information content (AvgIpc) is 3.16. The first kappa shape index (κ1) is 24.7. The van der Waals surface area contributed by atoms with E-state index in [4.69, 9.17) is 0 Å². The summed E-state index contributed by atoms with van der Waals surface area (Å²) in [5.41, 5.74) is 6.12. The molecule has 11 heteroatoms. The second-order valence-electron chi connectivity index (χ2n) is 8.41. The molecule has 1 saturated heterocycles. The molecule has 2 aromatic carbocycles. The highest BCUT2D eigenvalue weighted by atomic mass is 32.2. The second-order valence-corrected chi connectivity index (χ2v) is 10.3. The molecule has 10 nitrogen and oxygen atoms in total. The number of para-hydroxylation sites is 2. The van der Waals surface area contributed by atoms with Crippen molar-refractivity contribution in [1.29, 1.82) is 0 Å². The summed E-state index contributed by atoms with van der Waals surface area (Å²) in [6.07, 6.45) is 2.61. The van der Waals surface area contributed by atoms with Crippen molar-refractivity contribution in [2.24, 2.45) is 0 Å². The van der Waals surface area contributed by atoms with Crippen molar-refractivity contribution < 1.29 is 18.0 Å². The Hall–Kier alpha value is -3.44. The number of amides is 2. The number of hydrogen-bond acceptors (Lipinski definition) is 5. The zero-order chi connectivity index (χ0) is 25.0. The van der Waals surface area contributed by atoms with E-state index >= 15 is 0 Å². The molecular formula is C24H29N5O5S. The lowest BCUT2D eigenvalue weighted by Gasteiger charge is -2.26. The number of fused-ring (bicyclic) bond motifs is 1. The molecule has 1 fully saturated rings. The second kappa shape index (κ2) is 10.4. The zero-order valence-corrected chi connectivity index (χ0v) is 20.4. The zero-order valence-electron chi connectivity index (χ0n) is 19.6. The number of sulfonamides is 1. The number of aromatic nitrogens is 2. The maximum Gasteiger partial charge on any atom is 0.329 e. The Kier molecular flexibility index (Phi) is 7.37. The van der Waals surface area contributed by atoms with Crippen LogP contribution in [0.4, 0.5) is 0 Å². The Labute approximate surface area is 203 Å². The molecule has 0 radical (unpaired) electrons. The average molecular weight is 500 g/mol. The lowest BCUT2D eigenvalue weighted by atomic mass is 10.2. The number of hydrazine groups is 1. The molecule has 0 saturated carbocycles. The molecule has 186 valence electrons. The number of hydrogen-bond donors (Lipinski definition) is 2. The summed E-state index contributed by atoms with van der Waals surface area (Å²) < 4.78 is 30.4. The van der Waals surface area contributed by atoms with Gasteiger partial charge in [-0.15, -0.1) is 0 Å². The van der Waals surface area contributed by atoms with Gasteiger partial charge in [-0.3, -0.25) is 29.6 Å². The summed E-state index contributed by atoms with van der Waals surface area (Å²) in [6, 6.07) is 13.1. The highest BCUT2D eigenvalue weighted by molar-refractivity contribution is 7.89. The summed E-state index contributed by atoms with van der Waals surface area (Å²) >= 11 is 0. The van der Waals surface area contributed by atoms with Crippen molar-refractivity contribution in [2.75, 3.05) is 13.1 Å². The minimum Gasteiger partial charge on any atom is -0.292 e. The van der Waals surface area contributed by atoms with E-state index in [2.05, 4.69) is 10.9 Å². The summed E-state index contributed by atoms with van der Waals surface area (Å²) in [5, 5.41) is 0. The van der Waals surface area contributed by atoms with Gasteiger partial charge in [-0.25, -0.2) is 13.2 Å². The summed E-state index contributed by atoms with van der Waals surface area (Å²) in [6.45, 7) is 3.48. The Morgan fingerprint density at radius 3 is 2.29 bits per heavy atom. The van der Waals surface area contributed by atoms with Crippen LogP contribution in [0.25, 0.3) is 11.0 Å². The molecule has 0 spiro atoms. The van der Waals surface area contributed by atoms with E-state index in [9.17, 15) is 22.8 Å². The van der Waals surface area contributed by atoms with Gasteiger partial charge in [0.2, 0.25) is 15.9 Å². The monoisotopic (exact) mass is 499 g/mol. The maximum absolute atomic E-state index is 12.9. The van der Waals surface area contributed by atoms with E-state index in [1.807, 2.05) is 31.2 Å². The third-order valence-corrected chi connectivity index (χ3v) is 8.06. The van der Waals surface area contributed by atoms with Crippen LogP contribution in [-0.2, 0) is 27.9 Å². The van der Waals surface area contributed by atoms with Gasteiger partial charge in [0.15, 0.2) is 0 Å². The van der Waals surface area contributed by atoms with Gasteiger partial charge in [0.05, 0.1) is 15.9 Å². The fraction of sp³-hybridized carbons (Fsp3) is 0.375. The third kappa shape index (κ3) is 5.15. The number of piperidine rings is 1. The molecule has 1 aliphatic rings. The van der Waals surface area contributed by atoms with Gasteiger partial charge in [-0.05, 0) is 50.1 Å². The van der Waals surface area contributed by atoms with Gasteiger partial charge in [0.25, 0.3) is 5.91 Å². The SMILES string of the molecule is CCn1c(=O)n(CCC(=O)NNC(=O)c2cccc(S(=O)(=O)N3CCCCC3)c2)c2ccccc21. The molecule has 3 aromatic rings. The summed E-state index contributed by atoms with van der Waals surface area (Å²) in [7, 11) is -3.68. The first-order valence-electron chi connectivity index (χ1n) is 11.7. The normalized spacial score (nSPS) is 14.7. The fourth-order valence-corrected chi connectivity index (χ4v) is 5.88. The lowest BCUT2D eigenvalue weighted by Crippen LogP contribution is -2.42. The van der Waals surface area contributed by atoms with Gasteiger partial charge in [-0.2, -0.15) is 4.31 Å². The Morgan fingerprint density at radius 2 is 1.60 bits per heavy atom. The molecule has 2 heterocycles. The molecule has 2 N–H and O–H groups in total. The van der Waals surface area contributed by atoms with Crippen LogP contribution in [0.15, 0.2) is 58.2 Å². The van der Waals surface area contributed by atoms with Gasteiger partial charge in [-0.1, -0.05) is 24.6 Å². The smallest absolute Gasteiger partial charge is 0.292 e. The summed E-state index contributed by atoms with van der Waals surface area (Å²) in [4.78, 5) is 37.6. The van der Waals surface area contributed by atoms with Crippen LogP contribution >= 0.6 is 0 Å². The van der Waals surface area contributed by atoms with Crippen LogP contribution in [0.2, 0.25) is 0 Å². The van der Waals surface area contributed by atoms with Crippen LogP contribution in [0, 0.1) is 0 Å². The number of nitrogens with one attached hydrogen (secondary N) is 2. The summed E-state index contributed by atoms with van der Waals surface area (Å²) in [5.74, 6) is -1.11. The standard InChI is InChI=1S/C24H29N5O5S/c1-2-28-20-11-4-5-12-21(20)29(24(28)32)16-13-22(30)25-26-23(31)18-9-8-10-19(17-18)35(33,34)27-14-6-3-7-15-27/h4-5,8-12,17H,2-3,6-7,13-16H2,1H3,(H,25,30)(H,26,31). The molecule has 2 amide bonds. The highest BCUT2D eigenvalue weighted by Gasteiger charge is 2.26. The van der Waals surface area contributed by atoms with Crippen LogP contribution in [0.5, 0.6) is 0 Å². The molecule has 1 aromatic heterocycles. The predicted molar refractivity (Wildman–Crippen MR) is 131 cm³/mol. The minimum atomic E-state index is -3.68. The first-order valence-corrected chi connectivity index (χ1v) is 13.1. The van der Waals surface area contributed by atoms with Crippen LogP contribution in [-0.4, -0.2) is 46.8 Å². The van der Waals surface area contributed by atoms with Gasteiger partial charge in [0, 0.05) is 38.2 Å². The Bertz CT molecular complexity index is 1400. The van der Waals surface area contributed by atoms with Crippen LogP contribution < -0.4 is 16.5 Å². The number of carbonyl (C=O) groups excluding carboxylic acids is 2. The van der Waals surface area contributed by atoms with E-state index in [0.717, 1.165) is 30.3 Å². The molecule has 0 aliphatic carbocycles. The number of aryl methyl sites for hydroxylation is 2. The van der Waals surface area contributed by atoms with Gasteiger partial charge >= 0.3 is 5.69 Å². The van der Waals surface area contributed by atoms with Crippen molar-refractivity contribution in [1.82, 2.24) is 24.3 Å². The molecule has 1 aliphatic heterocycles. The third-order valence-electron chi connectivity index (χ3n) is 6.17. The van der Waals surface area contributed by atoms with Crippen molar-refractivity contribution in [2.45, 2.75) is 50.6 Å². The quantitative estimate of drug-likeness (QED) is 0.481. The fourth-order valence-electron chi connectivity index (χ4n) is 4.32. The van der Waals surface area contributed by atoms with E-state index in [-0.39, 0.29) is 29.1 Å². The van der Waals surface area contributed by atoms with E-state index < -0.39 is 21.8 Å². The number of carbonyl (C=O) groups is 2. The topological polar surface area (TPSA) is 123 Å². The van der Waals surface area contributed by atoms with E-state index in [0.29, 0.717) is 19.6 Å². The largest absolute Gasteiger partial charge is 0.329 e. The predicted octanol–water partition coefficient (Wildman–Crippen LogP) is 1.85. The molecular weight excluding hydrogens is 470 g/mol. The van der Waals surface area contributed by atoms with Gasteiger partial charge < -0.3 is 0 Å². The van der Waals surface area contributed by atoms with Crippen molar-refractivity contribution in [3.63, 3.8) is 0 Å².